The van der Waals surface area contributed by atoms with Crippen LogP contribution in [0.4, 0.5) is 17.8 Å². The molecular weight excluding hydrogens is 294 g/mol. The molecule has 1 aliphatic rings. The van der Waals surface area contributed by atoms with Gasteiger partial charge in [-0.1, -0.05) is 0 Å². The number of nitrogens with zero attached hydrogens (tertiary/aromatic N) is 4. The van der Waals surface area contributed by atoms with E-state index < -0.39 is 10.0 Å². The van der Waals surface area contributed by atoms with Gasteiger partial charge in [-0.2, -0.15) is 15.0 Å². The largest absolute Gasteiger partial charge is 0.368 e. The maximum Gasteiger partial charge on any atom is 0.231 e. The van der Waals surface area contributed by atoms with Crippen molar-refractivity contribution in [2.24, 2.45) is 0 Å². The van der Waals surface area contributed by atoms with Gasteiger partial charge in [0.05, 0.1) is 6.26 Å². The minimum absolute atomic E-state index is 0.157. The first kappa shape index (κ1) is 15.7. The molecule has 0 unspecified atom stereocenters. The summed E-state index contributed by atoms with van der Waals surface area (Å²) in [5, 5.41) is 2.94. The van der Waals surface area contributed by atoms with Crippen LogP contribution in [0.1, 0.15) is 19.3 Å². The molecule has 0 spiro atoms. The lowest BCUT2D eigenvalue weighted by atomic mass is 10.1. The zero-order valence-electron chi connectivity index (χ0n) is 12.0. The van der Waals surface area contributed by atoms with Crippen LogP contribution in [0.25, 0.3) is 0 Å². The molecule has 1 aliphatic heterocycles. The molecule has 118 valence electrons. The molecule has 0 bridgehead atoms. The Kier molecular flexibility index (Phi) is 5.12. The smallest absolute Gasteiger partial charge is 0.231 e. The van der Waals surface area contributed by atoms with Gasteiger partial charge in [-0.25, -0.2) is 13.1 Å². The van der Waals surface area contributed by atoms with Crippen molar-refractivity contribution in [2.45, 2.75) is 19.3 Å². The van der Waals surface area contributed by atoms with Crippen LogP contribution in [0.15, 0.2) is 0 Å². The van der Waals surface area contributed by atoms with Crippen molar-refractivity contribution in [3.05, 3.63) is 0 Å². The van der Waals surface area contributed by atoms with Crippen LogP contribution < -0.4 is 20.7 Å². The summed E-state index contributed by atoms with van der Waals surface area (Å²) in [5.41, 5.74) is 5.70. The Labute approximate surface area is 124 Å². The Balaban J connectivity index is 1.95. The van der Waals surface area contributed by atoms with Gasteiger partial charge >= 0.3 is 0 Å². The summed E-state index contributed by atoms with van der Waals surface area (Å²) >= 11 is 0. The van der Waals surface area contributed by atoms with E-state index in [2.05, 4.69) is 29.9 Å². The molecular formula is C11H21N7O2S. The molecule has 21 heavy (non-hydrogen) atoms. The number of anilines is 3. The lowest BCUT2D eigenvalue weighted by Crippen LogP contribution is -2.32. The predicted molar refractivity (Wildman–Crippen MR) is 81.6 cm³/mol. The third kappa shape index (κ3) is 5.31. The number of nitrogens with one attached hydrogen (secondary N) is 2. The zero-order valence-corrected chi connectivity index (χ0v) is 12.9. The zero-order chi connectivity index (χ0) is 15.3. The summed E-state index contributed by atoms with van der Waals surface area (Å²) in [4.78, 5) is 14.6. The molecule has 0 amide bonds. The van der Waals surface area contributed by atoms with Gasteiger partial charge in [0.2, 0.25) is 27.9 Å². The number of aromatic nitrogens is 3. The van der Waals surface area contributed by atoms with Crippen LogP contribution in [0.5, 0.6) is 0 Å². The van der Waals surface area contributed by atoms with E-state index in [1.165, 1.54) is 6.42 Å². The highest BCUT2D eigenvalue weighted by atomic mass is 32.2. The fourth-order valence-electron chi connectivity index (χ4n) is 2.11. The molecule has 0 radical (unpaired) electrons. The molecule has 1 aromatic heterocycles. The first-order valence-electron chi connectivity index (χ1n) is 6.89. The number of sulfonamides is 1. The van der Waals surface area contributed by atoms with Gasteiger partial charge in [0.15, 0.2) is 0 Å². The van der Waals surface area contributed by atoms with Gasteiger partial charge in [-0.3, -0.25) is 0 Å². The highest BCUT2D eigenvalue weighted by Crippen LogP contribution is 2.17. The summed E-state index contributed by atoms with van der Waals surface area (Å²) in [5.74, 6) is 1.09. The molecule has 4 N–H and O–H groups in total. The third-order valence-corrected chi connectivity index (χ3v) is 3.78. The molecule has 9 nitrogen and oxygen atoms in total. The van der Waals surface area contributed by atoms with Crippen molar-refractivity contribution in [2.75, 3.05) is 48.4 Å². The summed E-state index contributed by atoms with van der Waals surface area (Å²) in [6, 6.07) is 0. The second-order valence-electron chi connectivity index (χ2n) is 4.96. The molecule has 1 fully saturated rings. The second-order valence-corrected chi connectivity index (χ2v) is 6.79. The SMILES string of the molecule is CS(=O)(=O)NCCNc1nc(N)nc(N2CCCCC2)n1. The molecule has 1 aromatic rings. The van der Waals surface area contributed by atoms with Gasteiger partial charge in [-0.15, -0.1) is 0 Å². The maximum absolute atomic E-state index is 11.0. The van der Waals surface area contributed by atoms with Gasteiger partial charge in [0.25, 0.3) is 0 Å². The topological polar surface area (TPSA) is 126 Å². The molecule has 2 heterocycles. The standard InChI is InChI=1S/C11H21N7O2S/c1-21(19,20)14-6-5-13-10-15-9(12)16-11(17-10)18-7-3-2-4-8-18/h14H,2-8H2,1H3,(H3,12,13,15,16,17). The fraction of sp³-hybridized carbons (Fsp3) is 0.727. The summed E-state index contributed by atoms with van der Waals surface area (Å²) in [6.07, 6.45) is 4.57. The minimum atomic E-state index is -3.19. The van der Waals surface area contributed by atoms with Crippen molar-refractivity contribution in [1.82, 2.24) is 19.7 Å². The van der Waals surface area contributed by atoms with Crippen LogP contribution in [-0.2, 0) is 10.0 Å². The monoisotopic (exact) mass is 315 g/mol. The van der Waals surface area contributed by atoms with Crippen molar-refractivity contribution >= 4 is 27.9 Å². The average molecular weight is 315 g/mol. The van der Waals surface area contributed by atoms with Crippen LogP contribution in [0.3, 0.4) is 0 Å². The molecule has 0 aromatic carbocycles. The van der Waals surface area contributed by atoms with E-state index in [0.29, 0.717) is 18.4 Å². The molecule has 10 heteroatoms. The molecule has 2 rings (SSSR count). The first-order chi connectivity index (χ1) is 9.94. The Morgan fingerprint density at radius 2 is 1.86 bits per heavy atom. The van der Waals surface area contributed by atoms with Crippen molar-refractivity contribution in [3.63, 3.8) is 0 Å². The van der Waals surface area contributed by atoms with Crippen molar-refractivity contribution in [3.8, 4) is 0 Å². The van der Waals surface area contributed by atoms with Gasteiger partial charge in [0, 0.05) is 26.2 Å². The minimum Gasteiger partial charge on any atom is -0.368 e. The lowest BCUT2D eigenvalue weighted by molar-refractivity contribution is 0.568. The molecule has 0 aliphatic carbocycles. The third-order valence-electron chi connectivity index (χ3n) is 3.05. The molecule has 0 atom stereocenters. The quantitative estimate of drug-likeness (QED) is 0.594. The number of nitrogen functional groups attached to an aromatic ring is 1. The average Bonchev–Trinajstić information content (AvgIpc) is 2.43. The molecule has 0 saturated carbocycles. The van der Waals surface area contributed by atoms with E-state index in [4.69, 9.17) is 5.73 Å². The van der Waals surface area contributed by atoms with Crippen LogP contribution in [-0.4, -0.2) is 55.8 Å². The van der Waals surface area contributed by atoms with Crippen molar-refractivity contribution in [1.29, 1.82) is 0 Å². The van der Waals surface area contributed by atoms with Gasteiger partial charge < -0.3 is 16.0 Å². The van der Waals surface area contributed by atoms with E-state index in [1.54, 1.807) is 0 Å². The predicted octanol–water partition coefficient (Wildman–Crippen LogP) is -0.595. The maximum atomic E-state index is 11.0. The Morgan fingerprint density at radius 3 is 2.52 bits per heavy atom. The Hall–Kier alpha value is -1.68. The number of hydrogen-bond donors (Lipinski definition) is 3. The number of piperidine rings is 1. The van der Waals surface area contributed by atoms with E-state index in [9.17, 15) is 8.42 Å². The van der Waals surface area contributed by atoms with E-state index in [0.717, 1.165) is 32.2 Å². The van der Waals surface area contributed by atoms with Crippen molar-refractivity contribution < 1.29 is 8.42 Å². The fourth-order valence-corrected chi connectivity index (χ4v) is 2.58. The highest BCUT2D eigenvalue weighted by Gasteiger charge is 2.15. The Morgan fingerprint density at radius 1 is 1.14 bits per heavy atom. The van der Waals surface area contributed by atoms with Gasteiger partial charge in [0.1, 0.15) is 0 Å². The van der Waals surface area contributed by atoms with E-state index in [-0.39, 0.29) is 12.5 Å². The molecule has 1 saturated heterocycles. The highest BCUT2D eigenvalue weighted by molar-refractivity contribution is 7.88. The number of nitrogens with two attached hydrogens (primary N) is 1. The van der Waals surface area contributed by atoms with Crippen LogP contribution >= 0.6 is 0 Å². The summed E-state index contributed by atoms with van der Waals surface area (Å²) in [6.45, 7) is 2.45. The summed E-state index contributed by atoms with van der Waals surface area (Å²) < 4.78 is 24.3. The number of hydrogen-bond acceptors (Lipinski definition) is 8. The van der Waals surface area contributed by atoms with E-state index in [1.807, 2.05) is 0 Å². The lowest BCUT2D eigenvalue weighted by Gasteiger charge is -2.26. The van der Waals surface area contributed by atoms with Crippen LogP contribution in [0.2, 0.25) is 0 Å². The summed E-state index contributed by atoms with van der Waals surface area (Å²) in [7, 11) is -3.19. The normalized spacial score (nSPS) is 16.0. The second kappa shape index (κ2) is 6.85. The Bertz CT molecular complexity index is 572. The first-order valence-corrected chi connectivity index (χ1v) is 8.78. The van der Waals surface area contributed by atoms with Crippen LogP contribution in [0, 0.1) is 0 Å². The van der Waals surface area contributed by atoms with Gasteiger partial charge in [-0.05, 0) is 19.3 Å². The van der Waals surface area contributed by atoms with E-state index >= 15 is 0 Å². The number of rotatable bonds is 6.